The molecule has 0 spiro atoms. The summed E-state index contributed by atoms with van der Waals surface area (Å²) in [4.78, 5) is 0. The van der Waals surface area contributed by atoms with Crippen LogP contribution in [-0.4, -0.2) is 11.9 Å². The van der Waals surface area contributed by atoms with Crippen LogP contribution in [-0.2, 0) is 0 Å². The average molecular weight is 250 g/mol. The highest BCUT2D eigenvalue weighted by atomic mass is 127. The summed E-state index contributed by atoms with van der Waals surface area (Å²) < 4.78 is 5.89. The summed E-state index contributed by atoms with van der Waals surface area (Å²) in [5, 5.41) is 8.42. The van der Waals surface area contributed by atoms with E-state index in [0.29, 0.717) is 0 Å². The summed E-state index contributed by atoms with van der Waals surface area (Å²) in [6.07, 6.45) is 0. The van der Waals surface area contributed by atoms with Crippen LogP contribution in [0.4, 0.5) is 0 Å². The van der Waals surface area contributed by atoms with Gasteiger partial charge in [0.15, 0.2) is 6.79 Å². The van der Waals surface area contributed by atoms with E-state index in [1.54, 1.807) is 0 Å². The molecule has 0 saturated heterocycles. The van der Waals surface area contributed by atoms with Crippen molar-refractivity contribution in [2.45, 2.75) is 0 Å². The molecule has 0 aliphatic carbocycles. The lowest BCUT2D eigenvalue weighted by Crippen LogP contribution is -1.95. The Bertz CT molecular complexity index is 213. The van der Waals surface area contributed by atoms with Gasteiger partial charge in [-0.05, 0) is 34.7 Å². The molecule has 0 radical (unpaired) electrons. The number of ether oxygens (including phenoxy) is 1. The van der Waals surface area contributed by atoms with E-state index in [-0.39, 0.29) is 6.79 Å². The molecular formula is C7H7IO2. The van der Waals surface area contributed by atoms with Gasteiger partial charge in [-0.25, -0.2) is 0 Å². The van der Waals surface area contributed by atoms with Gasteiger partial charge in [0.05, 0.1) is 3.57 Å². The summed E-state index contributed by atoms with van der Waals surface area (Å²) in [5.74, 6) is 0.727. The molecule has 0 atom stereocenters. The molecule has 1 aromatic carbocycles. The van der Waals surface area contributed by atoms with Gasteiger partial charge < -0.3 is 9.84 Å². The molecule has 0 aliphatic rings. The first-order valence-corrected chi connectivity index (χ1v) is 3.90. The zero-order valence-electron chi connectivity index (χ0n) is 5.25. The quantitative estimate of drug-likeness (QED) is 0.638. The Kier molecular flexibility index (Phi) is 2.95. The van der Waals surface area contributed by atoms with Gasteiger partial charge >= 0.3 is 0 Å². The molecule has 0 aromatic heterocycles. The second-order valence-corrected chi connectivity index (χ2v) is 2.87. The van der Waals surface area contributed by atoms with Gasteiger partial charge in [-0.2, -0.15) is 0 Å². The maximum atomic E-state index is 8.42. The van der Waals surface area contributed by atoms with Crippen LogP contribution in [0.25, 0.3) is 0 Å². The number of aliphatic hydroxyl groups excluding tert-OH is 1. The van der Waals surface area contributed by atoms with E-state index in [2.05, 4.69) is 22.6 Å². The Hall–Kier alpha value is -0.290. The Balaban J connectivity index is 2.81. The van der Waals surface area contributed by atoms with E-state index in [1.165, 1.54) is 0 Å². The Morgan fingerprint density at radius 2 is 2.10 bits per heavy atom. The van der Waals surface area contributed by atoms with E-state index >= 15 is 0 Å². The number of rotatable bonds is 2. The van der Waals surface area contributed by atoms with Gasteiger partial charge in [0, 0.05) is 0 Å². The number of halogens is 1. The van der Waals surface area contributed by atoms with Crippen LogP contribution in [0.1, 0.15) is 0 Å². The first-order chi connectivity index (χ1) is 4.84. The van der Waals surface area contributed by atoms with Crippen molar-refractivity contribution in [3.05, 3.63) is 27.8 Å². The predicted molar refractivity (Wildman–Crippen MR) is 46.9 cm³/mol. The third kappa shape index (κ3) is 1.85. The first-order valence-electron chi connectivity index (χ1n) is 2.83. The van der Waals surface area contributed by atoms with Crippen molar-refractivity contribution in [1.82, 2.24) is 0 Å². The first kappa shape index (κ1) is 7.81. The maximum Gasteiger partial charge on any atom is 0.186 e. The summed E-state index contributed by atoms with van der Waals surface area (Å²) in [6, 6.07) is 7.53. The standard InChI is InChI=1S/C7H7IO2/c8-6-3-1-2-4-7(6)10-5-9/h1-4,9H,5H2. The minimum absolute atomic E-state index is 0.264. The van der Waals surface area contributed by atoms with Crippen molar-refractivity contribution >= 4 is 22.6 Å². The van der Waals surface area contributed by atoms with Gasteiger partial charge in [0.25, 0.3) is 0 Å². The fraction of sp³-hybridized carbons (Fsp3) is 0.143. The normalized spacial score (nSPS) is 9.40. The lowest BCUT2D eigenvalue weighted by atomic mass is 10.3. The molecular weight excluding hydrogens is 243 g/mol. The molecule has 1 rings (SSSR count). The topological polar surface area (TPSA) is 29.5 Å². The summed E-state index contributed by atoms with van der Waals surface area (Å²) in [7, 11) is 0. The smallest absolute Gasteiger partial charge is 0.186 e. The van der Waals surface area contributed by atoms with Gasteiger partial charge in [-0.15, -0.1) is 0 Å². The lowest BCUT2D eigenvalue weighted by molar-refractivity contribution is 0.0977. The molecule has 1 N–H and O–H groups in total. The highest BCUT2D eigenvalue weighted by Crippen LogP contribution is 2.18. The molecule has 54 valence electrons. The zero-order chi connectivity index (χ0) is 7.40. The van der Waals surface area contributed by atoms with Crippen molar-refractivity contribution in [2.24, 2.45) is 0 Å². The minimum Gasteiger partial charge on any atom is -0.467 e. The van der Waals surface area contributed by atoms with Gasteiger partial charge in [0.2, 0.25) is 0 Å². The van der Waals surface area contributed by atoms with Crippen molar-refractivity contribution < 1.29 is 9.84 Å². The number of para-hydroxylation sites is 1. The molecule has 3 heteroatoms. The van der Waals surface area contributed by atoms with Gasteiger partial charge in [-0.1, -0.05) is 12.1 Å². The Labute approximate surface area is 73.0 Å². The fourth-order valence-corrected chi connectivity index (χ4v) is 1.17. The molecule has 0 heterocycles. The molecule has 0 aliphatic heterocycles. The zero-order valence-corrected chi connectivity index (χ0v) is 7.41. The largest absolute Gasteiger partial charge is 0.467 e. The molecule has 10 heavy (non-hydrogen) atoms. The second kappa shape index (κ2) is 3.78. The van der Waals surface area contributed by atoms with Crippen LogP contribution in [0.2, 0.25) is 0 Å². The number of benzene rings is 1. The molecule has 1 aromatic rings. The van der Waals surface area contributed by atoms with E-state index in [1.807, 2.05) is 24.3 Å². The van der Waals surface area contributed by atoms with E-state index in [0.717, 1.165) is 9.32 Å². The van der Waals surface area contributed by atoms with Crippen molar-refractivity contribution in [1.29, 1.82) is 0 Å². The summed E-state index contributed by atoms with van der Waals surface area (Å²) >= 11 is 2.15. The third-order valence-corrected chi connectivity index (χ3v) is 1.95. The minimum atomic E-state index is -0.264. The van der Waals surface area contributed by atoms with Crippen LogP contribution in [0.15, 0.2) is 24.3 Å². The number of hydrogen-bond acceptors (Lipinski definition) is 2. The predicted octanol–water partition coefficient (Wildman–Crippen LogP) is 1.62. The SMILES string of the molecule is OCOc1ccccc1I. The third-order valence-electron chi connectivity index (χ3n) is 1.06. The maximum absolute atomic E-state index is 8.42. The Morgan fingerprint density at radius 3 is 2.70 bits per heavy atom. The molecule has 0 fully saturated rings. The second-order valence-electron chi connectivity index (χ2n) is 1.70. The van der Waals surface area contributed by atoms with Crippen molar-refractivity contribution in [3.8, 4) is 5.75 Å². The Morgan fingerprint density at radius 1 is 1.40 bits per heavy atom. The van der Waals surface area contributed by atoms with Gasteiger partial charge in [-0.3, -0.25) is 0 Å². The van der Waals surface area contributed by atoms with Gasteiger partial charge in [0.1, 0.15) is 5.75 Å². The van der Waals surface area contributed by atoms with E-state index in [9.17, 15) is 0 Å². The lowest BCUT2D eigenvalue weighted by Gasteiger charge is -2.02. The van der Waals surface area contributed by atoms with Crippen LogP contribution >= 0.6 is 22.6 Å². The average Bonchev–Trinajstić information content (AvgIpc) is 1.94. The monoisotopic (exact) mass is 250 g/mol. The molecule has 2 nitrogen and oxygen atoms in total. The van der Waals surface area contributed by atoms with E-state index in [4.69, 9.17) is 9.84 Å². The van der Waals surface area contributed by atoms with Crippen LogP contribution in [0, 0.1) is 3.57 Å². The number of aliphatic hydroxyl groups is 1. The van der Waals surface area contributed by atoms with Crippen LogP contribution in [0.3, 0.4) is 0 Å². The molecule has 0 saturated carbocycles. The fourth-order valence-electron chi connectivity index (χ4n) is 0.631. The molecule has 0 unspecified atom stereocenters. The van der Waals surface area contributed by atoms with E-state index < -0.39 is 0 Å². The summed E-state index contributed by atoms with van der Waals surface area (Å²) in [6.45, 7) is -0.264. The van der Waals surface area contributed by atoms with Crippen LogP contribution < -0.4 is 4.74 Å². The van der Waals surface area contributed by atoms with Crippen molar-refractivity contribution in [2.75, 3.05) is 6.79 Å². The highest BCUT2D eigenvalue weighted by Gasteiger charge is 1.95. The highest BCUT2D eigenvalue weighted by molar-refractivity contribution is 14.1. The molecule has 0 bridgehead atoms. The number of hydrogen-bond donors (Lipinski definition) is 1. The van der Waals surface area contributed by atoms with Crippen LogP contribution in [0.5, 0.6) is 5.75 Å². The van der Waals surface area contributed by atoms with Crippen molar-refractivity contribution in [3.63, 3.8) is 0 Å². The summed E-state index contributed by atoms with van der Waals surface area (Å²) in [5.41, 5.74) is 0. The molecule has 0 amide bonds.